The number of halogens is 1. The van der Waals surface area contributed by atoms with Crippen LogP contribution in [0.5, 0.6) is 0 Å². The van der Waals surface area contributed by atoms with Gasteiger partial charge >= 0.3 is 0 Å². The van der Waals surface area contributed by atoms with Gasteiger partial charge in [0.2, 0.25) is 15.9 Å². The molecule has 1 aromatic rings. The zero-order valence-corrected chi connectivity index (χ0v) is 14.8. The first-order valence-corrected chi connectivity index (χ1v) is 8.99. The summed E-state index contributed by atoms with van der Waals surface area (Å²) in [6.07, 6.45) is 0. The molecule has 0 aliphatic carbocycles. The fourth-order valence-electron chi connectivity index (χ4n) is 2.41. The van der Waals surface area contributed by atoms with Crippen LogP contribution in [0, 0.1) is 13.8 Å². The summed E-state index contributed by atoms with van der Waals surface area (Å²) in [7, 11) is -3.51. The third-order valence-corrected chi connectivity index (χ3v) is 6.65. The quantitative estimate of drug-likeness (QED) is 0.794. The number of carbonyl (C=O) groups is 1. The van der Waals surface area contributed by atoms with Gasteiger partial charge in [0.1, 0.15) is 0 Å². The largest absolute Gasteiger partial charge is 0.340 e. The molecule has 1 amide bonds. The topological polar surface area (TPSA) is 57.7 Å². The van der Waals surface area contributed by atoms with Gasteiger partial charge in [0, 0.05) is 37.6 Å². The van der Waals surface area contributed by atoms with Crippen LogP contribution in [0.15, 0.2) is 21.5 Å². The van der Waals surface area contributed by atoms with Gasteiger partial charge in [0.05, 0.1) is 4.90 Å². The molecule has 0 bridgehead atoms. The van der Waals surface area contributed by atoms with Crippen molar-refractivity contribution in [1.29, 1.82) is 0 Å². The molecule has 1 heterocycles. The predicted molar refractivity (Wildman–Crippen MR) is 84.6 cm³/mol. The number of hydrogen-bond donors (Lipinski definition) is 0. The second-order valence-electron chi connectivity index (χ2n) is 5.28. The third-order valence-electron chi connectivity index (χ3n) is 3.76. The van der Waals surface area contributed by atoms with E-state index in [0.29, 0.717) is 31.1 Å². The highest BCUT2D eigenvalue weighted by atomic mass is 79.9. The summed E-state index contributed by atoms with van der Waals surface area (Å²) >= 11 is 3.41. The molecule has 21 heavy (non-hydrogen) atoms. The van der Waals surface area contributed by atoms with Crippen LogP contribution in [-0.4, -0.2) is 49.7 Å². The van der Waals surface area contributed by atoms with Gasteiger partial charge in [-0.2, -0.15) is 4.31 Å². The SMILES string of the molecule is CC(=O)N1CCN(S(=O)(=O)c2cc(C)c(Br)cc2C)CC1. The first-order valence-electron chi connectivity index (χ1n) is 6.76. The molecule has 1 saturated heterocycles. The van der Waals surface area contributed by atoms with E-state index in [1.807, 2.05) is 13.0 Å². The Morgan fingerprint density at radius 3 is 2.19 bits per heavy atom. The highest BCUT2D eigenvalue weighted by molar-refractivity contribution is 9.10. The van der Waals surface area contributed by atoms with Crippen LogP contribution in [0.3, 0.4) is 0 Å². The highest BCUT2D eigenvalue weighted by Crippen LogP contribution is 2.27. The zero-order valence-electron chi connectivity index (χ0n) is 12.4. The fraction of sp³-hybridized carbons (Fsp3) is 0.500. The minimum atomic E-state index is -3.51. The van der Waals surface area contributed by atoms with Crippen LogP contribution in [0.25, 0.3) is 0 Å². The van der Waals surface area contributed by atoms with E-state index in [0.717, 1.165) is 15.6 Å². The number of carbonyl (C=O) groups excluding carboxylic acids is 1. The van der Waals surface area contributed by atoms with Crippen LogP contribution in [0.1, 0.15) is 18.1 Å². The lowest BCUT2D eigenvalue weighted by atomic mass is 10.2. The molecule has 0 spiro atoms. The fourth-order valence-corrected chi connectivity index (χ4v) is 4.59. The van der Waals surface area contributed by atoms with E-state index < -0.39 is 10.0 Å². The van der Waals surface area contributed by atoms with E-state index in [4.69, 9.17) is 0 Å². The summed E-state index contributed by atoms with van der Waals surface area (Å²) in [5.74, 6) is -0.0114. The zero-order chi connectivity index (χ0) is 15.8. The molecule has 0 N–H and O–H groups in total. The molecule has 7 heteroatoms. The number of amides is 1. The van der Waals surface area contributed by atoms with Crippen molar-refractivity contribution in [2.75, 3.05) is 26.2 Å². The van der Waals surface area contributed by atoms with Crippen molar-refractivity contribution in [1.82, 2.24) is 9.21 Å². The molecular weight excluding hydrogens is 356 g/mol. The Morgan fingerprint density at radius 1 is 1.10 bits per heavy atom. The normalized spacial score (nSPS) is 17.0. The van der Waals surface area contributed by atoms with Crippen molar-refractivity contribution in [3.8, 4) is 0 Å². The van der Waals surface area contributed by atoms with Gasteiger partial charge in [-0.05, 0) is 37.1 Å². The summed E-state index contributed by atoms with van der Waals surface area (Å²) in [5.41, 5.74) is 1.61. The average molecular weight is 375 g/mol. The molecule has 0 unspecified atom stereocenters. The minimum Gasteiger partial charge on any atom is -0.340 e. The van der Waals surface area contributed by atoms with E-state index in [2.05, 4.69) is 15.9 Å². The molecule has 0 atom stereocenters. The molecule has 1 aliphatic rings. The average Bonchev–Trinajstić information content (AvgIpc) is 2.42. The van der Waals surface area contributed by atoms with Crippen molar-refractivity contribution in [3.05, 3.63) is 27.7 Å². The smallest absolute Gasteiger partial charge is 0.243 e. The summed E-state index contributed by atoms with van der Waals surface area (Å²) in [6, 6.07) is 3.53. The second-order valence-corrected chi connectivity index (χ2v) is 8.04. The van der Waals surface area contributed by atoms with Crippen molar-refractivity contribution >= 4 is 31.9 Å². The number of piperazine rings is 1. The van der Waals surface area contributed by atoms with Crippen molar-refractivity contribution < 1.29 is 13.2 Å². The van der Waals surface area contributed by atoms with Gasteiger partial charge in [0.25, 0.3) is 0 Å². The Morgan fingerprint density at radius 2 is 1.67 bits per heavy atom. The van der Waals surface area contributed by atoms with Gasteiger partial charge in [-0.3, -0.25) is 4.79 Å². The molecule has 1 aliphatic heterocycles. The molecule has 5 nitrogen and oxygen atoms in total. The standard InChI is InChI=1S/C14H19BrN2O3S/c1-10-9-14(11(2)8-13(10)15)21(19,20)17-6-4-16(5-7-17)12(3)18/h8-9H,4-7H2,1-3H3. The Hall–Kier alpha value is -0.920. The first kappa shape index (κ1) is 16.5. The van der Waals surface area contributed by atoms with Crippen LogP contribution < -0.4 is 0 Å². The maximum atomic E-state index is 12.8. The van der Waals surface area contributed by atoms with Crippen LogP contribution in [0.4, 0.5) is 0 Å². The molecule has 0 saturated carbocycles. The Labute approximate surface area is 134 Å². The number of nitrogens with zero attached hydrogens (tertiary/aromatic N) is 2. The second kappa shape index (κ2) is 6.06. The number of aryl methyl sites for hydroxylation is 2. The monoisotopic (exact) mass is 374 g/mol. The molecule has 0 radical (unpaired) electrons. The highest BCUT2D eigenvalue weighted by Gasteiger charge is 2.30. The molecule has 1 fully saturated rings. The lowest BCUT2D eigenvalue weighted by molar-refractivity contribution is -0.129. The maximum Gasteiger partial charge on any atom is 0.243 e. The number of benzene rings is 1. The van der Waals surface area contributed by atoms with E-state index in [9.17, 15) is 13.2 Å². The number of hydrogen-bond acceptors (Lipinski definition) is 3. The van der Waals surface area contributed by atoms with Crippen molar-refractivity contribution in [3.63, 3.8) is 0 Å². The number of rotatable bonds is 2. The summed E-state index contributed by atoms with van der Waals surface area (Å²) in [6.45, 7) is 6.75. The van der Waals surface area contributed by atoms with Gasteiger partial charge < -0.3 is 4.90 Å². The Bertz CT molecular complexity index is 665. The lowest BCUT2D eigenvalue weighted by Gasteiger charge is -2.33. The van der Waals surface area contributed by atoms with Crippen LogP contribution >= 0.6 is 15.9 Å². The van der Waals surface area contributed by atoms with Crippen LogP contribution in [0.2, 0.25) is 0 Å². The third kappa shape index (κ3) is 3.30. The van der Waals surface area contributed by atoms with Gasteiger partial charge in [-0.25, -0.2) is 8.42 Å². The summed E-state index contributed by atoms with van der Waals surface area (Å²) in [4.78, 5) is 13.3. The molecule has 2 rings (SSSR count). The molecular formula is C14H19BrN2O3S. The molecule has 116 valence electrons. The van der Waals surface area contributed by atoms with E-state index >= 15 is 0 Å². The lowest BCUT2D eigenvalue weighted by Crippen LogP contribution is -2.50. The van der Waals surface area contributed by atoms with E-state index in [1.165, 1.54) is 11.2 Å². The van der Waals surface area contributed by atoms with Crippen molar-refractivity contribution in [2.24, 2.45) is 0 Å². The summed E-state index contributed by atoms with van der Waals surface area (Å²) < 4.78 is 27.9. The molecule has 1 aromatic carbocycles. The summed E-state index contributed by atoms with van der Waals surface area (Å²) in [5, 5.41) is 0. The van der Waals surface area contributed by atoms with Gasteiger partial charge in [-0.15, -0.1) is 0 Å². The predicted octanol–water partition coefficient (Wildman–Crippen LogP) is 1.92. The Kier molecular flexibility index (Phi) is 4.75. The van der Waals surface area contributed by atoms with Crippen molar-refractivity contribution in [2.45, 2.75) is 25.7 Å². The molecule has 0 aromatic heterocycles. The maximum absolute atomic E-state index is 12.8. The number of sulfonamides is 1. The Balaban J connectivity index is 2.28. The van der Waals surface area contributed by atoms with Gasteiger partial charge in [-0.1, -0.05) is 15.9 Å². The van der Waals surface area contributed by atoms with E-state index in [-0.39, 0.29) is 5.91 Å². The van der Waals surface area contributed by atoms with Crippen LogP contribution in [-0.2, 0) is 14.8 Å². The van der Waals surface area contributed by atoms with E-state index in [1.54, 1.807) is 17.9 Å². The minimum absolute atomic E-state index is 0.0114. The first-order chi connectivity index (χ1) is 9.73. The van der Waals surface area contributed by atoms with Gasteiger partial charge in [0.15, 0.2) is 0 Å².